The predicted octanol–water partition coefficient (Wildman–Crippen LogP) is 1.08. The van der Waals surface area contributed by atoms with E-state index in [9.17, 15) is 9.59 Å². The fraction of sp³-hybridized carbons (Fsp3) is 0.333. The van der Waals surface area contributed by atoms with Crippen molar-refractivity contribution >= 4 is 11.7 Å². The van der Waals surface area contributed by atoms with Crippen LogP contribution in [0.5, 0.6) is 0 Å². The lowest BCUT2D eigenvalue weighted by molar-refractivity contribution is -0.133. The van der Waals surface area contributed by atoms with Crippen molar-refractivity contribution in [3.05, 3.63) is 35.4 Å². The van der Waals surface area contributed by atoms with Crippen LogP contribution in [-0.4, -0.2) is 24.8 Å². The number of morpholine rings is 1. The molecule has 1 atom stereocenters. The third-order valence-corrected chi connectivity index (χ3v) is 2.59. The summed E-state index contributed by atoms with van der Waals surface area (Å²) in [4.78, 5) is 22.4. The molecule has 4 nitrogen and oxygen atoms in total. The minimum absolute atomic E-state index is 0.0103. The molecule has 1 aromatic carbocycles. The number of rotatable bonds is 2. The Morgan fingerprint density at radius 3 is 2.81 bits per heavy atom. The number of carbonyl (C=O) groups is 2. The molecule has 0 spiro atoms. The predicted molar refractivity (Wildman–Crippen MR) is 58.1 cm³/mol. The van der Waals surface area contributed by atoms with Gasteiger partial charge in [0.1, 0.15) is 12.7 Å². The molecule has 1 amide bonds. The standard InChI is InChI=1S/C12H13NO3/c1-8(14)9-4-2-3-5-10(9)11-6-13-12(15)7-16-11/h2-5,11H,6-7H2,1H3,(H,13,15). The zero-order valence-corrected chi connectivity index (χ0v) is 9.03. The molecule has 0 aromatic heterocycles. The smallest absolute Gasteiger partial charge is 0.246 e. The molecular weight excluding hydrogens is 206 g/mol. The molecule has 0 saturated carbocycles. The Labute approximate surface area is 93.6 Å². The van der Waals surface area contributed by atoms with Crippen LogP contribution in [-0.2, 0) is 9.53 Å². The second-order valence-electron chi connectivity index (χ2n) is 3.75. The zero-order valence-electron chi connectivity index (χ0n) is 9.03. The molecule has 1 N–H and O–H groups in total. The van der Waals surface area contributed by atoms with E-state index >= 15 is 0 Å². The van der Waals surface area contributed by atoms with E-state index in [-0.39, 0.29) is 24.4 Å². The summed E-state index contributed by atoms with van der Waals surface area (Å²) in [5.74, 6) is -0.104. The number of carbonyl (C=O) groups excluding carboxylic acids is 2. The van der Waals surface area contributed by atoms with Gasteiger partial charge in [-0.3, -0.25) is 9.59 Å². The summed E-state index contributed by atoms with van der Waals surface area (Å²) in [6.07, 6.45) is -0.224. The van der Waals surface area contributed by atoms with Crippen molar-refractivity contribution in [1.29, 1.82) is 0 Å². The number of hydrogen-bond acceptors (Lipinski definition) is 3. The lowest BCUT2D eigenvalue weighted by atomic mass is 9.99. The van der Waals surface area contributed by atoms with Gasteiger partial charge in [-0.15, -0.1) is 0 Å². The number of ether oxygens (including phenoxy) is 1. The van der Waals surface area contributed by atoms with Crippen LogP contribution in [0.15, 0.2) is 24.3 Å². The van der Waals surface area contributed by atoms with Crippen LogP contribution in [0.3, 0.4) is 0 Å². The van der Waals surface area contributed by atoms with Crippen molar-refractivity contribution in [1.82, 2.24) is 5.32 Å². The van der Waals surface area contributed by atoms with Crippen molar-refractivity contribution in [2.24, 2.45) is 0 Å². The highest BCUT2D eigenvalue weighted by atomic mass is 16.5. The van der Waals surface area contributed by atoms with Gasteiger partial charge in [-0.05, 0) is 12.5 Å². The van der Waals surface area contributed by atoms with Gasteiger partial charge in [0.05, 0.1) is 0 Å². The number of hydrogen-bond donors (Lipinski definition) is 1. The molecule has 4 heteroatoms. The molecule has 2 rings (SSSR count). The zero-order chi connectivity index (χ0) is 11.5. The largest absolute Gasteiger partial charge is 0.362 e. The Bertz CT molecular complexity index is 418. The summed E-state index contributed by atoms with van der Waals surface area (Å²) >= 11 is 0. The molecular formula is C12H13NO3. The first-order valence-corrected chi connectivity index (χ1v) is 5.16. The molecule has 0 bridgehead atoms. The third kappa shape index (κ3) is 2.12. The highest BCUT2D eigenvalue weighted by Crippen LogP contribution is 2.23. The summed E-state index contributed by atoms with van der Waals surface area (Å²) in [5, 5.41) is 2.72. The third-order valence-electron chi connectivity index (χ3n) is 2.59. The number of nitrogens with one attached hydrogen (secondary N) is 1. The lowest BCUT2D eigenvalue weighted by Gasteiger charge is -2.24. The first kappa shape index (κ1) is 10.8. The fourth-order valence-corrected chi connectivity index (χ4v) is 1.79. The summed E-state index contributed by atoms with van der Waals surface area (Å²) < 4.78 is 5.40. The molecule has 1 heterocycles. The Kier molecular flexibility index (Phi) is 3.01. The Hall–Kier alpha value is -1.68. The van der Waals surface area contributed by atoms with E-state index in [1.807, 2.05) is 18.2 Å². The summed E-state index contributed by atoms with van der Waals surface area (Å²) in [6, 6.07) is 7.32. The normalized spacial score (nSPS) is 20.3. The SMILES string of the molecule is CC(=O)c1ccccc1C1CNC(=O)CO1. The highest BCUT2D eigenvalue weighted by molar-refractivity contribution is 5.95. The summed E-state index contributed by atoms with van der Waals surface area (Å²) in [5.41, 5.74) is 1.50. The van der Waals surface area contributed by atoms with Gasteiger partial charge in [0.15, 0.2) is 5.78 Å². The van der Waals surface area contributed by atoms with Crippen molar-refractivity contribution in [2.45, 2.75) is 13.0 Å². The van der Waals surface area contributed by atoms with Gasteiger partial charge in [0, 0.05) is 12.1 Å². The van der Waals surface area contributed by atoms with Gasteiger partial charge in [-0.1, -0.05) is 24.3 Å². The van der Waals surface area contributed by atoms with Crippen LogP contribution in [0.2, 0.25) is 0 Å². The van der Waals surface area contributed by atoms with Crippen LogP contribution in [0, 0.1) is 0 Å². The van der Waals surface area contributed by atoms with Crippen LogP contribution in [0.4, 0.5) is 0 Å². The van der Waals surface area contributed by atoms with Crippen LogP contribution in [0.1, 0.15) is 28.9 Å². The molecule has 0 aliphatic carbocycles. The van der Waals surface area contributed by atoms with Gasteiger partial charge < -0.3 is 10.1 Å². The van der Waals surface area contributed by atoms with Gasteiger partial charge in [-0.25, -0.2) is 0 Å². The average Bonchev–Trinajstić information content (AvgIpc) is 2.30. The van der Waals surface area contributed by atoms with Gasteiger partial charge >= 0.3 is 0 Å². The van der Waals surface area contributed by atoms with E-state index in [0.717, 1.165) is 5.56 Å². The molecule has 1 aromatic rings. The first-order chi connectivity index (χ1) is 7.68. The van der Waals surface area contributed by atoms with E-state index in [1.165, 1.54) is 6.92 Å². The molecule has 84 valence electrons. The quantitative estimate of drug-likeness (QED) is 0.757. The first-order valence-electron chi connectivity index (χ1n) is 5.16. The fourth-order valence-electron chi connectivity index (χ4n) is 1.79. The van der Waals surface area contributed by atoms with Gasteiger partial charge in [0.2, 0.25) is 5.91 Å². The summed E-state index contributed by atoms with van der Waals surface area (Å²) in [7, 11) is 0. The maximum absolute atomic E-state index is 11.4. The summed E-state index contributed by atoms with van der Waals surface area (Å²) in [6.45, 7) is 2.00. The number of benzene rings is 1. The van der Waals surface area contributed by atoms with E-state index in [4.69, 9.17) is 4.74 Å². The Morgan fingerprint density at radius 2 is 2.19 bits per heavy atom. The molecule has 1 saturated heterocycles. The molecule has 16 heavy (non-hydrogen) atoms. The van der Waals surface area contributed by atoms with Crippen LogP contribution in [0.25, 0.3) is 0 Å². The van der Waals surface area contributed by atoms with E-state index in [1.54, 1.807) is 6.07 Å². The van der Waals surface area contributed by atoms with E-state index in [2.05, 4.69) is 5.32 Å². The molecule has 1 aliphatic rings. The monoisotopic (exact) mass is 219 g/mol. The minimum atomic E-state index is -0.224. The molecule has 1 unspecified atom stereocenters. The van der Waals surface area contributed by atoms with E-state index < -0.39 is 0 Å². The second-order valence-corrected chi connectivity index (χ2v) is 3.75. The van der Waals surface area contributed by atoms with Crippen molar-refractivity contribution in [3.8, 4) is 0 Å². The maximum atomic E-state index is 11.4. The molecule has 0 radical (unpaired) electrons. The Morgan fingerprint density at radius 1 is 1.44 bits per heavy atom. The second kappa shape index (κ2) is 4.45. The minimum Gasteiger partial charge on any atom is -0.362 e. The highest BCUT2D eigenvalue weighted by Gasteiger charge is 2.23. The number of amides is 1. The lowest BCUT2D eigenvalue weighted by Crippen LogP contribution is -2.39. The Balaban J connectivity index is 2.26. The molecule has 1 fully saturated rings. The van der Waals surface area contributed by atoms with Crippen LogP contribution >= 0.6 is 0 Å². The molecule has 1 aliphatic heterocycles. The van der Waals surface area contributed by atoms with Gasteiger partial charge in [0.25, 0.3) is 0 Å². The van der Waals surface area contributed by atoms with Crippen LogP contribution < -0.4 is 5.32 Å². The van der Waals surface area contributed by atoms with Crippen molar-refractivity contribution in [3.63, 3.8) is 0 Å². The topological polar surface area (TPSA) is 55.4 Å². The number of Topliss-reactive ketones (excluding diaryl/α,β-unsaturated/α-hetero) is 1. The van der Waals surface area contributed by atoms with Crippen molar-refractivity contribution < 1.29 is 14.3 Å². The number of ketones is 1. The van der Waals surface area contributed by atoms with Crippen molar-refractivity contribution in [2.75, 3.05) is 13.2 Å². The average molecular weight is 219 g/mol. The van der Waals surface area contributed by atoms with E-state index in [0.29, 0.717) is 12.1 Å². The maximum Gasteiger partial charge on any atom is 0.246 e. The van der Waals surface area contributed by atoms with Gasteiger partial charge in [-0.2, -0.15) is 0 Å².